The lowest BCUT2D eigenvalue weighted by molar-refractivity contribution is 0.0746. The fourth-order valence-corrected chi connectivity index (χ4v) is 2.91. The van der Waals surface area contributed by atoms with Crippen molar-refractivity contribution in [3.63, 3.8) is 0 Å². The lowest BCUT2D eigenvalue weighted by atomic mass is 10.2. The quantitative estimate of drug-likeness (QED) is 0.829. The molecule has 8 heteroatoms. The topological polar surface area (TPSA) is 67.8 Å². The molecule has 0 atom stereocenters. The predicted octanol–water partition coefficient (Wildman–Crippen LogP) is 2.11. The summed E-state index contributed by atoms with van der Waals surface area (Å²) >= 11 is 6.13. The second-order valence-corrected chi connectivity index (χ2v) is 5.92. The van der Waals surface area contributed by atoms with Crippen LogP contribution in [-0.4, -0.2) is 61.2 Å². The van der Waals surface area contributed by atoms with Crippen LogP contribution in [0.3, 0.4) is 0 Å². The van der Waals surface area contributed by atoms with E-state index in [1.165, 1.54) is 7.11 Å². The number of nitrogens with zero attached hydrogens (tertiary/aromatic N) is 4. The average molecular weight is 363 g/mol. The molecule has 2 heterocycles. The first-order valence-electron chi connectivity index (χ1n) is 7.88. The number of anilines is 1. The van der Waals surface area contributed by atoms with Gasteiger partial charge in [-0.25, -0.2) is 0 Å². The molecule has 25 heavy (non-hydrogen) atoms. The zero-order chi connectivity index (χ0) is 17.8. The molecule has 0 saturated carbocycles. The van der Waals surface area contributed by atoms with Crippen LogP contribution in [-0.2, 0) is 0 Å². The highest BCUT2D eigenvalue weighted by molar-refractivity contribution is 6.33. The van der Waals surface area contributed by atoms with Gasteiger partial charge in [0.2, 0.25) is 5.88 Å². The smallest absolute Gasteiger partial charge is 0.321 e. The zero-order valence-corrected chi connectivity index (χ0v) is 14.9. The summed E-state index contributed by atoms with van der Waals surface area (Å²) in [4.78, 5) is 24.9. The maximum atomic E-state index is 12.6. The molecule has 2 aromatic rings. The van der Waals surface area contributed by atoms with Gasteiger partial charge in [-0.3, -0.25) is 4.79 Å². The Labute approximate surface area is 151 Å². The molecule has 0 unspecified atom stereocenters. The molecule has 3 rings (SSSR count). The number of benzene rings is 1. The standard InChI is InChI=1S/C17H19ClN4O3/c1-24-15-11-14(19-17(20-15)25-2)21-7-9-22(10-8-21)16(23)12-5-3-4-6-13(12)18/h3-6,11H,7-10H2,1-2H3. The third-order valence-corrected chi connectivity index (χ3v) is 4.39. The van der Waals surface area contributed by atoms with E-state index in [4.69, 9.17) is 21.1 Å². The summed E-state index contributed by atoms with van der Waals surface area (Å²) in [6.07, 6.45) is 0. The lowest BCUT2D eigenvalue weighted by Crippen LogP contribution is -2.49. The summed E-state index contributed by atoms with van der Waals surface area (Å²) in [6.45, 7) is 2.47. The Morgan fingerprint density at radius 2 is 1.80 bits per heavy atom. The number of halogens is 1. The number of carbonyl (C=O) groups is 1. The van der Waals surface area contributed by atoms with Crippen LogP contribution in [0.25, 0.3) is 0 Å². The lowest BCUT2D eigenvalue weighted by Gasteiger charge is -2.35. The molecule has 7 nitrogen and oxygen atoms in total. The van der Waals surface area contributed by atoms with Crippen LogP contribution >= 0.6 is 11.6 Å². The fourth-order valence-electron chi connectivity index (χ4n) is 2.69. The van der Waals surface area contributed by atoms with Gasteiger partial charge >= 0.3 is 6.01 Å². The Morgan fingerprint density at radius 1 is 1.08 bits per heavy atom. The van der Waals surface area contributed by atoms with Gasteiger partial charge in [-0.1, -0.05) is 23.7 Å². The number of carbonyl (C=O) groups excluding carboxylic acids is 1. The van der Waals surface area contributed by atoms with E-state index in [9.17, 15) is 4.79 Å². The average Bonchev–Trinajstić information content (AvgIpc) is 2.67. The van der Waals surface area contributed by atoms with Crippen LogP contribution < -0.4 is 14.4 Å². The summed E-state index contributed by atoms with van der Waals surface area (Å²) in [5.41, 5.74) is 0.531. The van der Waals surface area contributed by atoms with E-state index in [0.717, 1.165) is 0 Å². The Morgan fingerprint density at radius 3 is 2.44 bits per heavy atom. The van der Waals surface area contributed by atoms with Gasteiger partial charge in [-0.05, 0) is 12.1 Å². The maximum Gasteiger partial charge on any atom is 0.321 e. The van der Waals surface area contributed by atoms with Crippen molar-refractivity contribution in [2.45, 2.75) is 0 Å². The second kappa shape index (κ2) is 7.57. The van der Waals surface area contributed by atoms with Gasteiger partial charge < -0.3 is 19.3 Å². The molecular weight excluding hydrogens is 344 g/mol. The van der Waals surface area contributed by atoms with Crippen molar-refractivity contribution in [2.75, 3.05) is 45.3 Å². The number of methoxy groups -OCH3 is 2. The molecule has 0 N–H and O–H groups in total. The van der Waals surface area contributed by atoms with Crippen LogP contribution in [0.5, 0.6) is 11.9 Å². The van der Waals surface area contributed by atoms with Crippen LogP contribution in [0.1, 0.15) is 10.4 Å². The number of amides is 1. The molecule has 0 bridgehead atoms. The Balaban J connectivity index is 1.70. The van der Waals surface area contributed by atoms with Crippen molar-refractivity contribution in [1.29, 1.82) is 0 Å². The third kappa shape index (κ3) is 3.76. The minimum Gasteiger partial charge on any atom is -0.481 e. The van der Waals surface area contributed by atoms with E-state index in [1.54, 1.807) is 30.2 Å². The monoisotopic (exact) mass is 362 g/mol. The van der Waals surface area contributed by atoms with Crippen LogP contribution in [0.15, 0.2) is 30.3 Å². The molecule has 0 radical (unpaired) electrons. The van der Waals surface area contributed by atoms with Crippen LogP contribution in [0.4, 0.5) is 5.82 Å². The van der Waals surface area contributed by atoms with Gasteiger partial charge in [0, 0.05) is 32.2 Å². The van der Waals surface area contributed by atoms with E-state index in [-0.39, 0.29) is 11.9 Å². The third-order valence-electron chi connectivity index (χ3n) is 4.06. The maximum absolute atomic E-state index is 12.6. The van der Waals surface area contributed by atoms with E-state index < -0.39 is 0 Å². The van der Waals surface area contributed by atoms with Crippen LogP contribution in [0, 0.1) is 0 Å². The number of piperazine rings is 1. The minimum atomic E-state index is -0.0527. The van der Waals surface area contributed by atoms with E-state index in [2.05, 4.69) is 14.9 Å². The molecular formula is C17H19ClN4O3. The van der Waals surface area contributed by atoms with E-state index >= 15 is 0 Å². The SMILES string of the molecule is COc1cc(N2CCN(C(=O)c3ccccc3Cl)CC2)nc(OC)n1. The van der Waals surface area contributed by atoms with Crippen molar-refractivity contribution in [2.24, 2.45) is 0 Å². The first kappa shape index (κ1) is 17.3. The number of ether oxygens (including phenoxy) is 2. The molecule has 1 aliphatic rings. The molecule has 1 aromatic carbocycles. The van der Waals surface area contributed by atoms with Crippen molar-refractivity contribution in [3.8, 4) is 11.9 Å². The number of rotatable bonds is 4. The molecule has 1 fully saturated rings. The highest BCUT2D eigenvalue weighted by Gasteiger charge is 2.24. The minimum absolute atomic E-state index is 0.0527. The van der Waals surface area contributed by atoms with Gasteiger partial charge in [0.05, 0.1) is 24.8 Å². The van der Waals surface area contributed by atoms with Gasteiger partial charge in [0.1, 0.15) is 5.82 Å². The first-order valence-corrected chi connectivity index (χ1v) is 8.26. The molecule has 1 aromatic heterocycles. The van der Waals surface area contributed by atoms with E-state index in [0.29, 0.717) is 48.5 Å². The predicted molar refractivity (Wildman–Crippen MR) is 94.7 cm³/mol. The van der Waals surface area contributed by atoms with Gasteiger partial charge in [0.15, 0.2) is 0 Å². The number of hydrogen-bond acceptors (Lipinski definition) is 6. The van der Waals surface area contributed by atoms with Crippen LogP contribution in [0.2, 0.25) is 5.02 Å². The second-order valence-electron chi connectivity index (χ2n) is 5.51. The summed E-state index contributed by atoms with van der Waals surface area (Å²) < 4.78 is 10.3. The van der Waals surface area contributed by atoms with Crippen molar-refractivity contribution in [1.82, 2.24) is 14.9 Å². The largest absolute Gasteiger partial charge is 0.481 e. The van der Waals surface area contributed by atoms with Crippen molar-refractivity contribution in [3.05, 3.63) is 40.9 Å². The fraction of sp³-hybridized carbons (Fsp3) is 0.353. The summed E-state index contributed by atoms with van der Waals surface area (Å²) in [6, 6.07) is 9.11. The van der Waals surface area contributed by atoms with Crippen molar-refractivity contribution < 1.29 is 14.3 Å². The van der Waals surface area contributed by atoms with Gasteiger partial charge in [-0.2, -0.15) is 9.97 Å². The number of hydrogen-bond donors (Lipinski definition) is 0. The van der Waals surface area contributed by atoms with Crippen molar-refractivity contribution >= 4 is 23.3 Å². The molecule has 1 aliphatic heterocycles. The Hall–Kier alpha value is -2.54. The highest BCUT2D eigenvalue weighted by atomic mass is 35.5. The summed E-state index contributed by atoms with van der Waals surface area (Å²) in [5, 5.41) is 0.472. The molecule has 0 spiro atoms. The van der Waals surface area contributed by atoms with E-state index in [1.807, 2.05) is 12.1 Å². The molecule has 1 saturated heterocycles. The number of aromatic nitrogens is 2. The normalized spacial score (nSPS) is 14.4. The molecule has 132 valence electrons. The Kier molecular flexibility index (Phi) is 5.23. The highest BCUT2D eigenvalue weighted by Crippen LogP contribution is 2.23. The molecule has 0 aliphatic carbocycles. The van der Waals surface area contributed by atoms with Gasteiger partial charge in [-0.15, -0.1) is 0 Å². The molecule has 1 amide bonds. The zero-order valence-electron chi connectivity index (χ0n) is 14.1. The van der Waals surface area contributed by atoms with Gasteiger partial charge in [0.25, 0.3) is 5.91 Å². The summed E-state index contributed by atoms with van der Waals surface area (Å²) in [5.74, 6) is 1.10. The first-order chi connectivity index (χ1) is 12.1. The summed E-state index contributed by atoms with van der Waals surface area (Å²) in [7, 11) is 3.06. The Bertz CT molecular complexity index is 741.